The highest BCUT2D eigenvalue weighted by molar-refractivity contribution is 5.70. The van der Waals surface area contributed by atoms with Gasteiger partial charge in [0.05, 0.1) is 5.92 Å². The second-order valence-corrected chi connectivity index (χ2v) is 3.31. The van der Waals surface area contributed by atoms with Crippen molar-refractivity contribution in [2.24, 2.45) is 11.8 Å². The summed E-state index contributed by atoms with van der Waals surface area (Å²) in [4.78, 5) is 10.8. The van der Waals surface area contributed by atoms with Gasteiger partial charge in [-0.15, -0.1) is 0 Å². The molecule has 0 rings (SSSR count). The van der Waals surface area contributed by atoms with Crippen molar-refractivity contribution in [3.05, 3.63) is 0 Å². The standard InChI is InChI=1S/C10H20O2/c1-4-7-9(10(11)12)8(5-2)6-3/h8-9H,4-7H2,1-3H3,(H,11,12). The highest BCUT2D eigenvalue weighted by atomic mass is 16.4. The molecular weight excluding hydrogens is 152 g/mol. The van der Waals surface area contributed by atoms with E-state index in [1.807, 2.05) is 6.92 Å². The van der Waals surface area contributed by atoms with Crippen LogP contribution >= 0.6 is 0 Å². The minimum Gasteiger partial charge on any atom is -0.481 e. The van der Waals surface area contributed by atoms with Gasteiger partial charge in [-0.2, -0.15) is 0 Å². The molecule has 0 saturated carbocycles. The number of carbonyl (C=O) groups is 1. The van der Waals surface area contributed by atoms with E-state index < -0.39 is 5.97 Å². The lowest BCUT2D eigenvalue weighted by Gasteiger charge is -2.20. The maximum absolute atomic E-state index is 10.8. The maximum Gasteiger partial charge on any atom is 0.306 e. The first-order valence-electron chi connectivity index (χ1n) is 4.90. The fourth-order valence-corrected chi connectivity index (χ4v) is 1.73. The first kappa shape index (κ1) is 11.5. The molecule has 0 amide bonds. The Hall–Kier alpha value is -0.530. The molecule has 1 N–H and O–H groups in total. The van der Waals surface area contributed by atoms with Crippen LogP contribution in [-0.2, 0) is 4.79 Å². The topological polar surface area (TPSA) is 37.3 Å². The molecule has 1 unspecified atom stereocenters. The normalized spacial score (nSPS) is 13.3. The molecular formula is C10H20O2. The van der Waals surface area contributed by atoms with Crippen LogP contribution in [0.15, 0.2) is 0 Å². The summed E-state index contributed by atoms with van der Waals surface area (Å²) in [7, 11) is 0. The third kappa shape index (κ3) is 3.24. The van der Waals surface area contributed by atoms with Crippen LogP contribution in [0.1, 0.15) is 46.5 Å². The number of carboxylic acid groups (broad SMARTS) is 1. The second kappa shape index (κ2) is 6.04. The molecule has 2 nitrogen and oxygen atoms in total. The fourth-order valence-electron chi connectivity index (χ4n) is 1.73. The Balaban J connectivity index is 4.15. The molecule has 0 spiro atoms. The average molecular weight is 172 g/mol. The minimum atomic E-state index is -0.620. The predicted molar refractivity (Wildman–Crippen MR) is 50.1 cm³/mol. The molecule has 0 bridgehead atoms. The first-order valence-corrected chi connectivity index (χ1v) is 4.90. The van der Waals surface area contributed by atoms with Crippen molar-refractivity contribution in [2.45, 2.75) is 46.5 Å². The molecule has 0 aliphatic rings. The highest BCUT2D eigenvalue weighted by Crippen LogP contribution is 2.23. The van der Waals surface area contributed by atoms with Gasteiger partial charge in [-0.25, -0.2) is 0 Å². The van der Waals surface area contributed by atoms with Crippen molar-refractivity contribution in [2.75, 3.05) is 0 Å². The molecule has 0 aromatic carbocycles. The van der Waals surface area contributed by atoms with E-state index in [4.69, 9.17) is 5.11 Å². The molecule has 0 radical (unpaired) electrons. The summed E-state index contributed by atoms with van der Waals surface area (Å²) in [6.07, 6.45) is 3.75. The number of aliphatic carboxylic acids is 1. The minimum absolute atomic E-state index is 0.120. The summed E-state index contributed by atoms with van der Waals surface area (Å²) < 4.78 is 0. The van der Waals surface area contributed by atoms with Gasteiger partial charge in [-0.05, 0) is 12.3 Å². The summed E-state index contributed by atoms with van der Waals surface area (Å²) in [5, 5.41) is 8.94. The van der Waals surface area contributed by atoms with Gasteiger partial charge in [-0.1, -0.05) is 40.0 Å². The van der Waals surface area contributed by atoms with E-state index in [0.717, 1.165) is 25.7 Å². The van der Waals surface area contributed by atoms with Gasteiger partial charge in [0.1, 0.15) is 0 Å². The Morgan fingerprint density at radius 3 is 2.00 bits per heavy atom. The van der Waals surface area contributed by atoms with Crippen LogP contribution in [0.3, 0.4) is 0 Å². The van der Waals surface area contributed by atoms with Crippen molar-refractivity contribution in [1.29, 1.82) is 0 Å². The van der Waals surface area contributed by atoms with Crippen LogP contribution < -0.4 is 0 Å². The van der Waals surface area contributed by atoms with E-state index in [2.05, 4.69) is 13.8 Å². The zero-order valence-electron chi connectivity index (χ0n) is 8.34. The summed E-state index contributed by atoms with van der Waals surface area (Å²) in [6.45, 7) is 6.18. The third-order valence-corrected chi connectivity index (χ3v) is 2.53. The first-order chi connectivity index (χ1) is 5.67. The summed E-state index contributed by atoms with van der Waals surface area (Å²) >= 11 is 0. The Morgan fingerprint density at radius 1 is 1.25 bits per heavy atom. The summed E-state index contributed by atoms with van der Waals surface area (Å²) in [5.74, 6) is -0.377. The van der Waals surface area contributed by atoms with E-state index in [1.54, 1.807) is 0 Å². The predicted octanol–water partition coefficient (Wildman–Crippen LogP) is 2.92. The van der Waals surface area contributed by atoms with Crippen LogP contribution in [0.5, 0.6) is 0 Å². The monoisotopic (exact) mass is 172 g/mol. The second-order valence-electron chi connectivity index (χ2n) is 3.31. The zero-order chi connectivity index (χ0) is 9.56. The van der Waals surface area contributed by atoms with E-state index in [0.29, 0.717) is 5.92 Å². The molecule has 0 aromatic heterocycles. The van der Waals surface area contributed by atoms with E-state index in [9.17, 15) is 4.79 Å². The van der Waals surface area contributed by atoms with Crippen LogP contribution in [0.4, 0.5) is 0 Å². The Morgan fingerprint density at radius 2 is 1.75 bits per heavy atom. The molecule has 72 valence electrons. The lowest BCUT2D eigenvalue weighted by Crippen LogP contribution is -2.22. The zero-order valence-corrected chi connectivity index (χ0v) is 8.34. The summed E-state index contributed by atoms with van der Waals surface area (Å²) in [6, 6.07) is 0. The molecule has 2 heteroatoms. The van der Waals surface area contributed by atoms with Gasteiger partial charge < -0.3 is 5.11 Å². The smallest absolute Gasteiger partial charge is 0.306 e. The lowest BCUT2D eigenvalue weighted by atomic mass is 9.85. The molecule has 0 saturated heterocycles. The Bertz CT molecular complexity index is 128. The van der Waals surface area contributed by atoms with Gasteiger partial charge in [-0.3, -0.25) is 4.79 Å². The lowest BCUT2D eigenvalue weighted by molar-refractivity contribution is -0.144. The highest BCUT2D eigenvalue weighted by Gasteiger charge is 2.23. The molecule has 0 aromatic rings. The molecule has 0 heterocycles. The number of hydrogen-bond donors (Lipinski definition) is 1. The van der Waals surface area contributed by atoms with Gasteiger partial charge in [0.15, 0.2) is 0 Å². The van der Waals surface area contributed by atoms with Gasteiger partial charge in [0.2, 0.25) is 0 Å². The quantitative estimate of drug-likeness (QED) is 0.668. The van der Waals surface area contributed by atoms with Gasteiger partial charge in [0.25, 0.3) is 0 Å². The van der Waals surface area contributed by atoms with Crippen LogP contribution in [0, 0.1) is 11.8 Å². The van der Waals surface area contributed by atoms with Crippen molar-refractivity contribution in [3.63, 3.8) is 0 Å². The molecule has 1 atom stereocenters. The number of rotatable bonds is 6. The average Bonchev–Trinajstić information content (AvgIpc) is 2.05. The third-order valence-electron chi connectivity index (χ3n) is 2.53. The van der Waals surface area contributed by atoms with Crippen LogP contribution in [-0.4, -0.2) is 11.1 Å². The Labute approximate surface area is 75.0 Å². The van der Waals surface area contributed by atoms with Gasteiger partial charge >= 0.3 is 5.97 Å². The van der Waals surface area contributed by atoms with Crippen LogP contribution in [0.2, 0.25) is 0 Å². The van der Waals surface area contributed by atoms with Crippen molar-refractivity contribution in [3.8, 4) is 0 Å². The molecule has 0 fully saturated rings. The van der Waals surface area contributed by atoms with Gasteiger partial charge in [0, 0.05) is 0 Å². The number of carboxylic acids is 1. The molecule has 12 heavy (non-hydrogen) atoms. The molecule has 0 aliphatic heterocycles. The van der Waals surface area contributed by atoms with Crippen LogP contribution in [0.25, 0.3) is 0 Å². The Kier molecular flexibility index (Phi) is 5.77. The van der Waals surface area contributed by atoms with Crippen molar-refractivity contribution in [1.82, 2.24) is 0 Å². The van der Waals surface area contributed by atoms with Crippen molar-refractivity contribution >= 4 is 5.97 Å². The number of hydrogen-bond acceptors (Lipinski definition) is 1. The van der Waals surface area contributed by atoms with E-state index in [-0.39, 0.29) is 5.92 Å². The SMILES string of the molecule is CCCC(C(=O)O)C(CC)CC. The van der Waals surface area contributed by atoms with E-state index in [1.165, 1.54) is 0 Å². The maximum atomic E-state index is 10.8. The van der Waals surface area contributed by atoms with Crippen molar-refractivity contribution < 1.29 is 9.90 Å². The summed E-state index contributed by atoms with van der Waals surface area (Å²) in [5.41, 5.74) is 0. The molecule has 0 aliphatic carbocycles. The fraction of sp³-hybridized carbons (Fsp3) is 0.900. The largest absolute Gasteiger partial charge is 0.481 e. The van der Waals surface area contributed by atoms with E-state index >= 15 is 0 Å².